The van der Waals surface area contributed by atoms with Gasteiger partial charge in [0.05, 0.1) is 15.9 Å². The molecule has 0 aliphatic rings. The predicted octanol–water partition coefficient (Wildman–Crippen LogP) is 4.17. The third kappa shape index (κ3) is 3.50. The SMILES string of the molecule is CCc1nn(CC)c(CC(CN)c2ccccc2Cl)c1Br. The number of rotatable bonds is 6. The Morgan fingerprint density at radius 1 is 1.33 bits per heavy atom. The van der Waals surface area contributed by atoms with E-state index in [0.29, 0.717) is 6.54 Å². The topological polar surface area (TPSA) is 43.8 Å². The zero-order chi connectivity index (χ0) is 15.4. The molecule has 3 nitrogen and oxygen atoms in total. The summed E-state index contributed by atoms with van der Waals surface area (Å²) in [6.07, 6.45) is 1.75. The van der Waals surface area contributed by atoms with Gasteiger partial charge in [-0.15, -0.1) is 0 Å². The van der Waals surface area contributed by atoms with Crippen molar-refractivity contribution in [1.29, 1.82) is 0 Å². The van der Waals surface area contributed by atoms with Gasteiger partial charge in [0.15, 0.2) is 0 Å². The molecule has 1 aromatic heterocycles. The van der Waals surface area contributed by atoms with Crippen molar-refractivity contribution in [2.24, 2.45) is 5.73 Å². The number of benzene rings is 1. The van der Waals surface area contributed by atoms with E-state index in [-0.39, 0.29) is 5.92 Å². The van der Waals surface area contributed by atoms with E-state index in [1.165, 1.54) is 5.69 Å². The smallest absolute Gasteiger partial charge is 0.0766 e. The molecule has 1 heterocycles. The van der Waals surface area contributed by atoms with Crippen molar-refractivity contribution >= 4 is 27.5 Å². The van der Waals surface area contributed by atoms with Crippen LogP contribution in [0.2, 0.25) is 5.02 Å². The monoisotopic (exact) mass is 369 g/mol. The summed E-state index contributed by atoms with van der Waals surface area (Å²) in [4.78, 5) is 0. The quantitative estimate of drug-likeness (QED) is 0.829. The molecule has 21 heavy (non-hydrogen) atoms. The van der Waals surface area contributed by atoms with Gasteiger partial charge in [0.25, 0.3) is 0 Å². The van der Waals surface area contributed by atoms with E-state index in [1.807, 2.05) is 18.2 Å². The van der Waals surface area contributed by atoms with Gasteiger partial charge in [-0.1, -0.05) is 36.7 Å². The number of nitrogens with two attached hydrogens (primary N) is 1. The average molecular weight is 371 g/mol. The second-order valence-corrected chi connectivity index (χ2v) is 6.24. The minimum absolute atomic E-state index is 0.196. The maximum absolute atomic E-state index is 6.32. The Hall–Kier alpha value is -0.840. The Bertz CT molecular complexity index is 610. The van der Waals surface area contributed by atoms with Crippen LogP contribution in [-0.2, 0) is 19.4 Å². The molecule has 1 atom stereocenters. The number of nitrogens with zero attached hydrogens (tertiary/aromatic N) is 2. The van der Waals surface area contributed by atoms with Crippen LogP contribution in [0.5, 0.6) is 0 Å². The zero-order valence-electron chi connectivity index (χ0n) is 12.4. The molecule has 0 bridgehead atoms. The molecule has 1 aromatic carbocycles. The van der Waals surface area contributed by atoms with Crippen molar-refractivity contribution < 1.29 is 0 Å². The van der Waals surface area contributed by atoms with Crippen molar-refractivity contribution in [3.05, 3.63) is 50.7 Å². The fourth-order valence-corrected chi connectivity index (χ4v) is 3.59. The van der Waals surface area contributed by atoms with Gasteiger partial charge in [-0.3, -0.25) is 4.68 Å². The highest BCUT2D eigenvalue weighted by Gasteiger charge is 2.20. The van der Waals surface area contributed by atoms with Crippen molar-refractivity contribution in [2.45, 2.75) is 39.2 Å². The standard InChI is InChI=1S/C16H21BrClN3/c1-3-14-16(17)15(21(4-2)20-14)9-11(10-19)12-7-5-6-8-13(12)18/h5-8,11H,3-4,9-10,19H2,1-2H3. The van der Waals surface area contributed by atoms with E-state index < -0.39 is 0 Å². The zero-order valence-corrected chi connectivity index (χ0v) is 14.8. The number of halogens is 2. The van der Waals surface area contributed by atoms with Crippen LogP contribution in [0.3, 0.4) is 0 Å². The first-order valence-corrected chi connectivity index (χ1v) is 8.47. The van der Waals surface area contributed by atoms with Gasteiger partial charge in [-0.25, -0.2) is 0 Å². The summed E-state index contributed by atoms with van der Waals surface area (Å²) in [5.74, 6) is 0.196. The highest BCUT2D eigenvalue weighted by atomic mass is 79.9. The lowest BCUT2D eigenvalue weighted by molar-refractivity contribution is 0.580. The van der Waals surface area contributed by atoms with Crippen molar-refractivity contribution in [2.75, 3.05) is 6.54 Å². The van der Waals surface area contributed by atoms with Gasteiger partial charge in [0.1, 0.15) is 0 Å². The third-order valence-electron chi connectivity index (χ3n) is 3.76. The van der Waals surface area contributed by atoms with E-state index >= 15 is 0 Å². The average Bonchev–Trinajstić information content (AvgIpc) is 2.81. The second kappa shape index (κ2) is 7.43. The molecule has 2 N–H and O–H groups in total. The lowest BCUT2D eigenvalue weighted by Crippen LogP contribution is -2.17. The summed E-state index contributed by atoms with van der Waals surface area (Å²) in [7, 11) is 0. The fourth-order valence-electron chi connectivity index (χ4n) is 2.57. The summed E-state index contributed by atoms with van der Waals surface area (Å²) < 4.78 is 3.17. The van der Waals surface area contributed by atoms with Gasteiger partial charge in [0, 0.05) is 17.5 Å². The van der Waals surface area contributed by atoms with Crippen LogP contribution in [0, 0.1) is 0 Å². The van der Waals surface area contributed by atoms with E-state index in [9.17, 15) is 0 Å². The third-order valence-corrected chi connectivity index (χ3v) is 5.02. The molecule has 0 radical (unpaired) electrons. The summed E-state index contributed by atoms with van der Waals surface area (Å²) in [6, 6.07) is 7.93. The van der Waals surface area contributed by atoms with Crippen LogP contribution < -0.4 is 5.73 Å². The molecule has 0 amide bonds. The van der Waals surface area contributed by atoms with Crippen LogP contribution in [0.25, 0.3) is 0 Å². The normalized spacial score (nSPS) is 12.6. The summed E-state index contributed by atoms with van der Waals surface area (Å²) >= 11 is 10.0. The van der Waals surface area contributed by atoms with Gasteiger partial charge in [-0.2, -0.15) is 5.10 Å². The molecular weight excluding hydrogens is 350 g/mol. The molecule has 1 unspecified atom stereocenters. The Morgan fingerprint density at radius 2 is 2.05 bits per heavy atom. The molecular formula is C16H21BrClN3. The Balaban J connectivity index is 2.35. The maximum Gasteiger partial charge on any atom is 0.0766 e. The van der Waals surface area contributed by atoms with E-state index in [1.54, 1.807) is 0 Å². The number of hydrogen-bond acceptors (Lipinski definition) is 2. The first kappa shape index (κ1) is 16.5. The molecule has 5 heteroatoms. The molecule has 0 saturated carbocycles. The van der Waals surface area contributed by atoms with E-state index in [0.717, 1.165) is 40.1 Å². The highest BCUT2D eigenvalue weighted by Crippen LogP contribution is 2.31. The maximum atomic E-state index is 6.32. The Labute approximate surface area is 139 Å². The Morgan fingerprint density at radius 3 is 2.62 bits per heavy atom. The molecule has 0 saturated heterocycles. The molecule has 0 spiro atoms. The summed E-state index contributed by atoms with van der Waals surface area (Å²) in [5.41, 5.74) is 9.40. The number of aryl methyl sites for hydroxylation is 2. The van der Waals surface area contributed by atoms with Gasteiger partial charge < -0.3 is 5.73 Å². The largest absolute Gasteiger partial charge is 0.330 e. The molecule has 0 aliphatic carbocycles. The molecule has 2 aromatic rings. The van der Waals surface area contributed by atoms with Crippen molar-refractivity contribution in [1.82, 2.24) is 9.78 Å². The molecule has 0 aliphatic heterocycles. The van der Waals surface area contributed by atoms with Crippen LogP contribution >= 0.6 is 27.5 Å². The fraction of sp³-hybridized carbons (Fsp3) is 0.438. The Kier molecular flexibility index (Phi) is 5.85. The predicted molar refractivity (Wildman–Crippen MR) is 91.9 cm³/mol. The first-order valence-electron chi connectivity index (χ1n) is 7.30. The van der Waals surface area contributed by atoms with Gasteiger partial charge >= 0.3 is 0 Å². The number of hydrogen-bond donors (Lipinski definition) is 1. The first-order chi connectivity index (χ1) is 10.1. The minimum Gasteiger partial charge on any atom is -0.330 e. The van der Waals surface area contributed by atoms with E-state index in [4.69, 9.17) is 17.3 Å². The molecule has 114 valence electrons. The van der Waals surface area contributed by atoms with E-state index in [2.05, 4.69) is 45.6 Å². The summed E-state index contributed by atoms with van der Waals surface area (Å²) in [5, 5.41) is 5.43. The lowest BCUT2D eigenvalue weighted by Gasteiger charge is -2.17. The number of aromatic nitrogens is 2. The van der Waals surface area contributed by atoms with Gasteiger partial charge in [0.2, 0.25) is 0 Å². The van der Waals surface area contributed by atoms with Crippen LogP contribution in [0.15, 0.2) is 28.7 Å². The minimum atomic E-state index is 0.196. The van der Waals surface area contributed by atoms with Crippen molar-refractivity contribution in [3.8, 4) is 0 Å². The van der Waals surface area contributed by atoms with Gasteiger partial charge in [-0.05, 0) is 53.9 Å². The lowest BCUT2D eigenvalue weighted by atomic mass is 9.94. The van der Waals surface area contributed by atoms with Crippen molar-refractivity contribution in [3.63, 3.8) is 0 Å². The summed E-state index contributed by atoms with van der Waals surface area (Å²) in [6.45, 7) is 5.64. The van der Waals surface area contributed by atoms with Crippen LogP contribution in [-0.4, -0.2) is 16.3 Å². The van der Waals surface area contributed by atoms with Crippen LogP contribution in [0.4, 0.5) is 0 Å². The highest BCUT2D eigenvalue weighted by molar-refractivity contribution is 9.10. The molecule has 2 rings (SSSR count). The second-order valence-electron chi connectivity index (χ2n) is 5.03. The molecule has 0 fully saturated rings. The van der Waals surface area contributed by atoms with Crippen LogP contribution in [0.1, 0.15) is 36.7 Å².